The molecule has 1 fully saturated rings. The fourth-order valence-electron chi connectivity index (χ4n) is 3.40. The fourth-order valence-corrected chi connectivity index (χ4v) is 3.40. The van der Waals surface area contributed by atoms with Gasteiger partial charge in [-0.05, 0) is 45.0 Å². The summed E-state index contributed by atoms with van der Waals surface area (Å²) in [4.78, 5) is 16.5. The first kappa shape index (κ1) is 17.7. The molecule has 0 atom stereocenters. The topological polar surface area (TPSA) is 35.5 Å². The molecule has 1 aromatic heterocycles. The molecule has 2 aromatic rings. The Bertz CT molecular complexity index is 707. The minimum atomic E-state index is 0.830. The van der Waals surface area contributed by atoms with Crippen LogP contribution in [0.25, 0.3) is 0 Å². The van der Waals surface area contributed by atoms with E-state index in [9.17, 15) is 0 Å². The highest BCUT2D eigenvalue weighted by Gasteiger charge is 2.19. The molecule has 25 heavy (non-hydrogen) atoms. The zero-order valence-corrected chi connectivity index (χ0v) is 15.9. The maximum absolute atomic E-state index is 4.71. The van der Waals surface area contributed by atoms with Crippen molar-refractivity contribution in [3.63, 3.8) is 0 Å². The molecule has 5 nitrogen and oxygen atoms in total. The van der Waals surface area contributed by atoms with Crippen molar-refractivity contribution in [1.29, 1.82) is 0 Å². The minimum Gasteiger partial charge on any atom is -0.354 e. The van der Waals surface area contributed by atoms with Crippen LogP contribution >= 0.6 is 0 Å². The molecule has 134 valence electrons. The summed E-state index contributed by atoms with van der Waals surface area (Å²) in [7, 11) is 0. The van der Waals surface area contributed by atoms with Gasteiger partial charge in [0.05, 0.1) is 0 Å². The number of likely N-dealkylation sites (N-methyl/N-ethyl adjacent to an activating group) is 1. The summed E-state index contributed by atoms with van der Waals surface area (Å²) in [5.41, 5.74) is 2.44. The Morgan fingerprint density at radius 3 is 2.40 bits per heavy atom. The van der Waals surface area contributed by atoms with Crippen LogP contribution in [-0.4, -0.2) is 54.1 Å². The van der Waals surface area contributed by atoms with Crippen LogP contribution in [0.15, 0.2) is 30.3 Å². The number of hydrogen-bond donors (Lipinski definition) is 0. The van der Waals surface area contributed by atoms with Gasteiger partial charge in [0.15, 0.2) is 0 Å². The number of hydrogen-bond acceptors (Lipinski definition) is 5. The van der Waals surface area contributed by atoms with E-state index in [2.05, 4.69) is 65.8 Å². The summed E-state index contributed by atoms with van der Waals surface area (Å²) in [6.07, 6.45) is 0. The molecule has 5 heteroatoms. The van der Waals surface area contributed by atoms with Gasteiger partial charge in [0.25, 0.3) is 0 Å². The molecule has 1 aromatic carbocycles. The Balaban J connectivity index is 1.88. The van der Waals surface area contributed by atoms with Crippen molar-refractivity contribution in [2.45, 2.75) is 27.7 Å². The average Bonchev–Trinajstić information content (AvgIpc) is 2.62. The standard InChI is InChI=1S/C20H29N5/c1-5-23-10-12-24(13-11-23)19-15-20(22-17(4)21-19)25(6-2)18-9-7-8-16(3)14-18/h7-9,14-15H,5-6,10-13H2,1-4H3. The Morgan fingerprint density at radius 1 is 1.00 bits per heavy atom. The predicted octanol–water partition coefficient (Wildman–Crippen LogP) is 3.39. The molecule has 0 saturated carbocycles. The van der Waals surface area contributed by atoms with Crippen LogP contribution < -0.4 is 9.80 Å². The lowest BCUT2D eigenvalue weighted by Gasteiger charge is -2.35. The summed E-state index contributed by atoms with van der Waals surface area (Å²) in [5, 5.41) is 0. The van der Waals surface area contributed by atoms with Gasteiger partial charge in [-0.25, -0.2) is 9.97 Å². The van der Waals surface area contributed by atoms with Gasteiger partial charge in [-0.1, -0.05) is 19.1 Å². The smallest absolute Gasteiger partial charge is 0.138 e. The van der Waals surface area contributed by atoms with Crippen molar-refractivity contribution >= 4 is 17.3 Å². The van der Waals surface area contributed by atoms with Crippen molar-refractivity contribution in [2.75, 3.05) is 49.1 Å². The molecule has 0 spiro atoms. The van der Waals surface area contributed by atoms with Crippen LogP contribution in [-0.2, 0) is 0 Å². The van der Waals surface area contributed by atoms with E-state index in [0.717, 1.165) is 56.7 Å². The van der Waals surface area contributed by atoms with Crippen molar-refractivity contribution in [2.24, 2.45) is 0 Å². The quantitative estimate of drug-likeness (QED) is 0.834. The molecular weight excluding hydrogens is 310 g/mol. The molecule has 0 bridgehead atoms. The molecule has 0 N–H and O–H groups in total. The number of nitrogens with zero attached hydrogens (tertiary/aromatic N) is 5. The van der Waals surface area contributed by atoms with E-state index in [1.807, 2.05) is 6.92 Å². The summed E-state index contributed by atoms with van der Waals surface area (Å²) in [6, 6.07) is 10.7. The zero-order valence-electron chi connectivity index (χ0n) is 15.9. The lowest BCUT2D eigenvalue weighted by Crippen LogP contribution is -2.46. The van der Waals surface area contributed by atoms with Gasteiger partial charge < -0.3 is 14.7 Å². The van der Waals surface area contributed by atoms with E-state index >= 15 is 0 Å². The summed E-state index contributed by atoms with van der Waals surface area (Å²) in [6.45, 7) is 14.8. The van der Waals surface area contributed by atoms with Crippen LogP contribution in [0, 0.1) is 13.8 Å². The van der Waals surface area contributed by atoms with Gasteiger partial charge in [-0.15, -0.1) is 0 Å². The van der Waals surface area contributed by atoms with Crippen molar-refractivity contribution in [3.05, 3.63) is 41.7 Å². The SMILES string of the molecule is CCN1CCN(c2cc(N(CC)c3cccc(C)c3)nc(C)n2)CC1. The average molecular weight is 339 g/mol. The van der Waals surface area contributed by atoms with Crippen molar-refractivity contribution in [1.82, 2.24) is 14.9 Å². The fraction of sp³-hybridized carbons (Fsp3) is 0.500. The first-order valence-electron chi connectivity index (χ1n) is 9.28. The third kappa shape index (κ3) is 4.10. The van der Waals surface area contributed by atoms with E-state index in [1.165, 1.54) is 11.3 Å². The van der Waals surface area contributed by atoms with Gasteiger partial charge in [-0.3, -0.25) is 0 Å². The Kier molecular flexibility index (Phi) is 5.53. The third-order valence-corrected chi connectivity index (χ3v) is 4.86. The first-order valence-corrected chi connectivity index (χ1v) is 9.28. The van der Waals surface area contributed by atoms with Crippen molar-refractivity contribution in [3.8, 4) is 0 Å². The second kappa shape index (κ2) is 7.83. The van der Waals surface area contributed by atoms with Gasteiger partial charge in [0, 0.05) is 44.5 Å². The molecule has 2 heterocycles. The number of benzene rings is 1. The molecule has 1 aliphatic rings. The second-order valence-corrected chi connectivity index (χ2v) is 6.64. The summed E-state index contributed by atoms with van der Waals surface area (Å²) >= 11 is 0. The van der Waals surface area contributed by atoms with Crippen LogP contribution in [0.1, 0.15) is 25.2 Å². The molecular formula is C20H29N5. The highest BCUT2D eigenvalue weighted by Crippen LogP contribution is 2.27. The highest BCUT2D eigenvalue weighted by molar-refractivity contribution is 5.63. The van der Waals surface area contributed by atoms with E-state index in [1.54, 1.807) is 0 Å². The van der Waals surface area contributed by atoms with Gasteiger partial charge in [0.1, 0.15) is 17.5 Å². The number of anilines is 3. The normalized spacial score (nSPS) is 15.4. The molecule has 1 saturated heterocycles. The van der Waals surface area contributed by atoms with Crippen LogP contribution in [0.2, 0.25) is 0 Å². The minimum absolute atomic E-state index is 0.830. The van der Waals surface area contributed by atoms with E-state index < -0.39 is 0 Å². The van der Waals surface area contributed by atoms with Crippen LogP contribution in [0.5, 0.6) is 0 Å². The molecule has 3 rings (SSSR count). The Hall–Kier alpha value is -2.14. The zero-order chi connectivity index (χ0) is 17.8. The monoisotopic (exact) mass is 339 g/mol. The Labute approximate surface area is 151 Å². The first-order chi connectivity index (χ1) is 12.1. The van der Waals surface area contributed by atoms with Gasteiger partial charge in [0.2, 0.25) is 0 Å². The van der Waals surface area contributed by atoms with E-state index in [0.29, 0.717) is 0 Å². The largest absolute Gasteiger partial charge is 0.354 e. The summed E-state index contributed by atoms with van der Waals surface area (Å²) in [5.74, 6) is 2.86. The molecule has 0 radical (unpaired) electrons. The molecule has 0 unspecified atom stereocenters. The number of rotatable bonds is 5. The van der Waals surface area contributed by atoms with E-state index in [4.69, 9.17) is 9.97 Å². The maximum Gasteiger partial charge on any atom is 0.138 e. The lowest BCUT2D eigenvalue weighted by atomic mass is 10.2. The predicted molar refractivity (Wildman–Crippen MR) is 105 cm³/mol. The number of aromatic nitrogens is 2. The third-order valence-electron chi connectivity index (χ3n) is 4.86. The van der Waals surface area contributed by atoms with Gasteiger partial charge in [-0.2, -0.15) is 0 Å². The van der Waals surface area contributed by atoms with Crippen LogP contribution in [0.3, 0.4) is 0 Å². The summed E-state index contributed by atoms with van der Waals surface area (Å²) < 4.78 is 0. The van der Waals surface area contributed by atoms with Crippen molar-refractivity contribution < 1.29 is 0 Å². The van der Waals surface area contributed by atoms with Gasteiger partial charge >= 0.3 is 0 Å². The molecule has 0 aliphatic carbocycles. The second-order valence-electron chi connectivity index (χ2n) is 6.64. The number of piperazine rings is 1. The van der Waals surface area contributed by atoms with Crippen LogP contribution in [0.4, 0.5) is 17.3 Å². The van der Waals surface area contributed by atoms with E-state index in [-0.39, 0.29) is 0 Å². The lowest BCUT2D eigenvalue weighted by molar-refractivity contribution is 0.270. The maximum atomic E-state index is 4.71. The number of aryl methyl sites for hydroxylation is 2. The highest BCUT2D eigenvalue weighted by atomic mass is 15.3. The Morgan fingerprint density at radius 2 is 1.76 bits per heavy atom. The molecule has 1 aliphatic heterocycles. The molecule has 0 amide bonds.